The molecule has 0 saturated carbocycles. The van der Waals surface area contributed by atoms with E-state index in [1.165, 1.54) is 23.8 Å². The average Bonchev–Trinajstić information content (AvgIpc) is 3.73. The van der Waals surface area contributed by atoms with Gasteiger partial charge in [-0.2, -0.15) is 9.51 Å². The number of carbonyl (C=O) groups is 2. The molecule has 1 unspecified atom stereocenters. The molecule has 0 radical (unpaired) electrons. The molecule has 15 nitrogen and oxygen atoms in total. The number of rotatable bonds is 21. The number of benzene rings is 5. The number of amides is 1. The van der Waals surface area contributed by atoms with Gasteiger partial charge in [0.15, 0.2) is 17.7 Å². The van der Waals surface area contributed by atoms with Gasteiger partial charge in [-0.05, 0) is 99.0 Å². The summed E-state index contributed by atoms with van der Waals surface area (Å²) in [6, 6.07) is 41.8. The van der Waals surface area contributed by atoms with Crippen LogP contribution in [0, 0.1) is 0 Å². The maximum Gasteiger partial charge on any atom is 0.351 e. The summed E-state index contributed by atoms with van der Waals surface area (Å²) in [4.78, 5) is 56.1. The number of aromatic nitrogens is 2. The zero-order chi connectivity index (χ0) is 49.1. The molecule has 1 aliphatic rings. The Morgan fingerprint density at radius 3 is 1.90 bits per heavy atom. The predicted octanol–water partition coefficient (Wildman–Crippen LogP) is 9.07. The van der Waals surface area contributed by atoms with Crippen LogP contribution in [0.3, 0.4) is 0 Å². The highest BCUT2D eigenvalue weighted by atomic mass is 31.2. The molecule has 2 heterocycles. The Hall–Kier alpha value is -6.45. The molecule has 7 rings (SSSR count). The summed E-state index contributed by atoms with van der Waals surface area (Å²) in [5.74, 6) is 1.07. The van der Waals surface area contributed by atoms with Crippen LogP contribution in [-0.2, 0) is 24.4 Å². The maximum absolute atomic E-state index is 13.9. The van der Waals surface area contributed by atoms with Crippen LogP contribution in [0.2, 0.25) is 0 Å². The quantitative estimate of drug-likeness (QED) is 0.0304. The summed E-state index contributed by atoms with van der Waals surface area (Å²) in [6.45, 7) is 9.18. The number of nitrogens with one attached hydrogen (secondary N) is 1. The van der Waals surface area contributed by atoms with Crippen LogP contribution in [0.4, 0.5) is 5.82 Å². The van der Waals surface area contributed by atoms with Gasteiger partial charge in [0, 0.05) is 37.2 Å². The summed E-state index contributed by atoms with van der Waals surface area (Å²) in [6.07, 6.45) is -0.980. The van der Waals surface area contributed by atoms with Gasteiger partial charge in [-0.25, -0.2) is 9.69 Å². The van der Waals surface area contributed by atoms with Crippen molar-refractivity contribution < 1.29 is 47.4 Å². The first-order valence-electron chi connectivity index (χ1n) is 22.8. The third-order valence-electron chi connectivity index (χ3n) is 11.7. The zero-order valence-electron chi connectivity index (χ0n) is 39.9. The van der Waals surface area contributed by atoms with Crippen LogP contribution < -0.4 is 30.0 Å². The lowest BCUT2D eigenvalue weighted by Gasteiger charge is -2.38. The molecule has 2 N–H and O–H groups in total. The predicted molar refractivity (Wildman–Crippen MR) is 264 cm³/mol. The highest BCUT2D eigenvalue weighted by molar-refractivity contribution is 7.63. The Balaban J connectivity index is 1.27. The normalized spacial score (nSPS) is 16.8. The number of methoxy groups -OCH3 is 2. The lowest BCUT2D eigenvalue weighted by Crippen LogP contribution is -2.43. The van der Waals surface area contributed by atoms with Crippen molar-refractivity contribution in [2.24, 2.45) is 0 Å². The van der Waals surface area contributed by atoms with E-state index in [0.717, 1.165) is 16.7 Å². The molecule has 362 valence electrons. The second-order valence-electron chi connectivity index (χ2n) is 17.0. The molecule has 6 aromatic rings. The van der Waals surface area contributed by atoms with Gasteiger partial charge in [-0.15, -0.1) is 4.67 Å². The van der Waals surface area contributed by atoms with Gasteiger partial charge in [-0.3, -0.25) is 14.2 Å². The average molecular weight is 960 g/mol. The minimum atomic E-state index is -3.61. The Kier molecular flexibility index (Phi) is 16.6. The van der Waals surface area contributed by atoms with Gasteiger partial charge >= 0.3 is 19.5 Å². The van der Waals surface area contributed by atoms with E-state index in [-0.39, 0.29) is 49.4 Å². The monoisotopic (exact) mass is 959 g/mol. The summed E-state index contributed by atoms with van der Waals surface area (Å²) in [5.41, 5.74) is 0.911. The van der Waals surface area contributed by atoms with Crippen molar-refractivity contribution in [3.05, 3.63) is 178 Å². The van der Waals surface area contributed by atoms with Crippen LogP contribution in [0.15, 0.2) is 151 Å². The molecule has 69 heavy (non-hydrogen) atoms. The molecule has 5 aromatic carbocycles. The van der Waals surface area contributed by atoms with E-state index < -0.39 is 49.5 Å². The molecule has 1 amide bonds. The van der Waals surface area contributed by atoms with Crippen molar-refractivity contribution in [1.82, 2.24) is 14.2 Å². The molecule has 4 atom stereocenters. The Morgan fingerprint density at radius 2 is 1.35 bits per heavy atom. The second kappa shape index (κ2) is 22.8. The largest absolute Gasteiger partial charge is 0.497 e. The van der Waals surface area contributed by atoms with E-state index in [1.807, 2.05) is 111 Å². The number of esters is 1. The number of anilines is 1. The molecule has 0 spiro atoms. The van der Waals surface area contributed by atoms with Crippen molar-refractivity contribution in [2.75, 3.05) is 38.9 Å². The fourth-order valence-corrected chi connectivity index (χ4v) is 11.6. The van der Waals surface area contributed by atoms with Gasteiger partial charge in [0.1, 0.15) is 48.0 Å². The SMILES string of the molecule is COc1ccc(C(OC[C@H]2O[C@@H](n3ccc(NC(=O)c4ccccc4)nc3=O)C[C@@H]2O[P+](O)(CCOc2ccccc2OC(C)=O)N(C(C)C)C(C)C)(c2ccccc2)c2ccc(OC)cc2)cc1. The van der Waals surface area contributed by atoms with E-state index in [4.69, 9.17) is 32.9 Å². The summed E-state index contributed by atoms with van der Waals surface area (Å²) >= 11 is 0. The van der Waals surface area contributed by atoms with Gasteiger partial charge in [0.05, 0.1) is 20.8 Å². The van der Waals surface area contributed by atoms with Crippen molar-refractivity contribution in [2.45, 2.75) is 77.2 Å². The topological polar surface area (TPSA) is 169 Å². The molecule has 1 aliphatic heterocycles. The van der Waals surface area contributed by atoms with Crippen LogP contribution >= 0.6 is 7.87 Å². The smallest absolute Gasteiger partial charge is 0.351 e. The van der Waals surface area contributed by atoms with Crippen molar-refractivity contribution in [1.29, 1.82) is 0 Å². The first-order chi connectivity index (χ1) is 33.2. The lowest BCUT2D eigenvalue weighted by atomic mass is 9.80. The molecular formula is C53H60N4O11P+. The summed E-state index contributed by atoms with van der Waals surface area (Å²) < 4.78 is 47.3. The minimum Gasteiger partial charge on any atom is -0.497 e. The second-order valence-corrected chi connectivity index (χ2v) is 19.4. The number of ether oxygens (including phenoxy) is 6. The number of nitrogens with zero attached hydrogens (tertiary/aromatic N) is 3. The fourth-order valence-electron chi connectivity index (χ4n) is 8.73. The summed E-state index contributed by atoms with van der Waals surface area (Å²) in [5, 5.41) is 2.71. The molecule has 1 fully saturated rings. The number of carbonyl (C=O) groups excluding carboxylic acids is 2. The first-order valence-corrected chi connectivity index (χ1v) is 24.6. The Bertz CT molecular complexity index is 2630. The molecule has 1 saturated heterocycles. The van der Waals surface area contributed by atoms with E-state index in [1.54, 1.807) is 68.8 Å². The highest BCUT2D eigenvalue weighted by Gasteiger charge is 2.55. The van der Waals surface area contributed by atoms with Crippen LogP contribution in [0.1, 0.15) is 74.3 Å². The van der Waals surface area contributed by atoms with Crippen molar-refractivity contribution in [3.8, 4) is 23.0 Å². The molecular weight excluding hydrogens is 900 g/mol. The van der Waals surface area contributed by atoms with Gasteiger partial charge in [0.25, 0.3) is 5.91 Å². The fraction of sp³-hybridized carbons (Fsp3) is 0.321. The molecule has 16 heteroatoms. The van der Waals surface area contributed by atoms with Gasteiger partial charge in [0.2, 0.25) is 0 Å². The number of hydrogen-bond donors (Lipinski definition) is 2. The molecule has 1 aromatic heterocycles. The lowest BCUT2D eigenvalue weighted by molar-refractivity contribution is -0.132. The summed E-state index contributed by atoms with van der Waals surface area (Å²) in [7, 11) is -0.388. The molecule has 0 aliphatic carbocycles. The third-order valence-corrected chi connectivity index (χ3v) is 14.7. The Labute approximate surface area is 403 Å². The number of hydrogen-bond acceptors (Lipinski definition) is 13. The Morgan fingerprint density at radius 1 is 0.797 bits per heavy atom. The van der Waals surface area contributed by atoms with Crippen LogP contribution in [-0.4, -0.2) is 88.9 Å². The van der Waals surface area contributed by atoms with E-state index >= 15 is 0 Å². The van der Waals surface area contributed by atoms with Crippen molar-refractivity contribution in [3.63, 3.8) is 0 Å². The van der Waals surface area contributed by atoms with Gasteiger partial charge in [-0.1, -0.05) is 84.9 Å². The minimum absolute atomic E-state index is 0.00225. The maximum atomic E-state index is 13.9. The van der Waals surface area contributed by atoms with E-state index in [0.29, 0.717) is 22.8 Å². The van der Waals surface area contributed by atoms with E-state index in [2.05, 4.69) is 10.3 Å². The zero-order valence-corrected chi connectivity index (χ0v) is 40.8. The van der Waals surface area contributed by atoms with Crippen LogP contribution in [0.25, 0.3) is 0 Å². The van der Waals surface area contributed by atoms with Crippen LogP contribution in [0.5, 0.6) is 23.0 Å². The molecule has 0 bridgehead atoms. The van der Waals surface area contributed by atoms with E-state index in [9.17, 15) is 19.3 Å². The number of para-hydroxylation sites is 2. The van der Waals surface area contributed by atoms with Crippen molar-refractivity contribution >= 4 is 25.6 Å². The van der Waals surface area contributed by atoms with Gasteiger partial charge < -0.3 is 33.7 Å². The third kappa shape index (κ3) is 11.9. The highest BCUT2D eigenvalue weighted by Crippen LogP contribution is 2.63. The standard InChI is InChI=1S/C53H59N4O11P/c1-36(2)57(37(3)4)69(61,33-32-64-45-20-14-15-21-46(45)66-38(5)58)68-47-34-50(56-31-30-49(55-52(56)60)54-51(59)39-16-10-8-11-17-39)67-48(47)35-65-53(40-18-12-9-13-19-40,41-22-26-43(62-6)27-23-41)42-24-28-44(63-7)29-25-42/h8-31,36-37,47-48,50,61H,32-35H2,1-7H3/p+1/t47-,48+,50+,69?/m0/s1. The first kappa shape index (κ1) is 50.4.